The molecule has 0 aliphatic rings. The number of amides is 1. The second-order valence-corrected chi connectivity index (χ2v) is 7.32. The summed E-state index contributed by atoms with van der Waals surface area (Å²) in [5.74, 6) is -0.351. The highest BCUT2D eigenvalue weighted by Gasteiger charge is 2.21. The molecule has 2 N–H and O–H groups in total. The number of hydrogen-bond acceptors (Lipinski definition) is 4. The smallest absolute Gasteiger partial charge is 0.241 e. The summed E-state index contributed by atoms with van der Waals surface area (Å²) >= 11 is 0. The van der Waals surface area contributed by atoms with Crippen LogP contribution in [0, 0.1) is 6.92 Å². The van der Waals surface area contributed by atoms with Crippen LogP contribution in [-0.4, -0.2) is 36.5 Å². The summed E-state index contributed by atoms with van der Waals surface area (Å²) in [4.78, 5) is 16.1. The van der Waals surface area contributed by atoms with E-state index >= 15 is 0 Å². The van der Waals surface area contributed by atoms with Gasteiger partial charge in [-0.25, -0.2) is 13.4 Å². The molecule has 7 nitrogen and oxygen atoms in total. The van der Waals surface area contributed by atoms with Crippen molar-refractivity contribution in [3.8, 4) is 0 Å². The van der Waals surface area contributed by atoms with Crippen molar-refractivity contribution in [3.05, 3.63) is 48.5 Å². The number of carbonyl (C=O) groups excluding carboxylic acids is 1. The molecular formula is C16H22N4O3S. The van der Waals surface area contributed by atoms with Gasteiger partial charge in [-0.05, 0) is 32.4 Å². The number of carbonyl (C=O) groups is 1. The molecule has 130 valence electrons. The maximum Gasteiger partial charge on any atom is 0.241 e. The van der Waals surface area contributed by atoms with Crippen LogP contribution in [0.5, 0.6) is 0 Å². The van der Waals surface area contributed by atoms with E-state index in [2.05, 4.69) is 15.0 Å². The number of benzene rings is 1. The number of nitrogens with one attached hydrogen (secondary N) is 2. The Kier molecular flexibility index (Phi) is 6.10. The van der Waals surface area contributed by atoms with Gasteiger partial charge in [-0.3, -0.25) is 4.79 Å². The van der Waals surface area contributed by atoms with Crippen LogP contribution in [0.4, 0.5) is 0 Å². The molecule has 0 spiro atoms. The molecule has 2 aromatic rings. The van der Waals surface area contributed by atoms with Crippen LogP contribution in [0.2, 0.25) is 0 Å². The Balaban J connectivity index is 1.80. The highest BCUT2D eigenvalue weighted by atomic mass is 32.2. The lowest BCUT2D eigenvalue weighted by Gasteiger charge is -2.14. The fourth-order valence-corrected chi connectivity index (χ4v) is 3.32. The van der Waals surface area contributed by atoms with Crippen molar-refractivity contribution in [3.63, 3.8) is 0 Å². The lowest BCUT2D eigenvalue weighted by Crippen LogP contribution is -2.45. The zero-order valence-electron chi connectivity index (χ0n) is 13.8. The van der Waals surface area contributed by atoms with E-state index in [-0.39, 0.29) is 10.8 Å². The predicted octanol–water partition coefficient (Wildman–Crippen LogP) is 1.06. The Morgan fingerprint density at radius 1 is 1.29 bits per heavy atom. The molecule has 1 aromatic carbocycles. The topological polar surface area (TPSA) is 93.1 Å². The van der Waals surface area contributed by atoms with E-state index in [0.29, 0.717) is 6.54 Å². The minimum atomic E-state index is -3.71. The van der Waals surface area contributed by atoms with E-state index in [4.69, 9.17) is 0 Å². The van der Waals surface area contributed by atoms with Crippen molar-refractivity contribution in [1.29, 1.82) is 0 Å². The summed E-state index contributed by atoms with van der Waals surface area (Å²) in [6.45, 7) is 4.61. The summed E-state index contributed by atoms with van der Waals surface area (Å²) in [6.07, 6.45) is 5.99. The van der Waals surface area contributed by atoms with Crippen molar-refractivity contribution in [1.82, 2.24) is 19.6 Å². The van der Waals surface area contributed by atoms with Gasteiger partial charge in [0.2, 0.25) is 15.9 Å². The largest absolute Gasteiger partial charge is 0.355 e. The molecular weight excluding hydrogens is 328 g/mol. The lowest BCUT2D eigenvalue weighted by atomic mass is 10.2. The summed E-state index contributed by atoms with van der Waals surface area (Å²) < 4.78 is 28.8. The maximum atomic E-state index is 12.2. The second-order valence-electron chi connectivity index (χ2n) is 5.60. The Labute approximate surface area is 142 Å². The highest BCUT2D eigenvalue weighted by Crippen LogP contribution is 2.10. The van der Waals surface area contributed by atoms with Gasteiger partial charge in [0.15, 0.2) is 0 Å². The van der Waals surface area contributed by atoms with Gasteiger partial charge in [0.1, 0.15) is 0 Å². The van der Waals surface area contributed by atoms with Gasteiger partial charge in [-0.15, -0.1) is 0 Å². The van der Waals surface area contributed by atoms with Gasteiger partial charge in [-0.1, -0.05) is 17.7 Å². The highest BCUT2D eigenvalue weighted by molar-refractivity contribution is 7.89. The van der Waals surface area contributed by atoms with Crippen molar-refractivity contribution < 1.29 is 13.2 Å². The van der Waals surface area contributed by atoms with Crippen LogP contribution >= 0.6 is 0 Å². The van der Waals surface area contributed by atoms with E-state index in [1.54, 1.807) is 24.7 Å². The number of rotatable bonds is 8. The molecule has 0 saturated heterocycles. The summed E-state index contributed by atoms with van der Waals surface area (Å²) in [5, 5.41) is 2.73. The van der Waals surface area contributed by atoms with E-state index < -0.39 is 16.1 Å². The van der Waals surface area contributed by atoms with E-state index in [1.165, 1.54) is 19.1 Å². The summed E-state index contributed by atoms with van der Waals surface area (Å²) in [7, 11) is -3.71. The molecule has 2 rings (SSSR count). The quantitative estimate of drug-likeness (QED) is 0.696. The molecule has 24 heavy (non-hydrogen) atoms. The molecule has 1 atom stereocenters. The van der Waals surface area contributed by atoms with Gasteiger partial charge in [-0.2, -0.15) is 4.72 Å². The number of aromatic nitrogens is 2. The molecule has 0 saturated carbocycles. The number of nitrogens with zero attached hydrogens (tertiary/aromatic N) is 2. The number of sulfonamides is 1. The fourth-order valence-electron chi connectivity index (χ4n) is 2.12. The zero-order chi connectivity index (χ0) is 17.6. The van der Waals surface area contributed by atoms with Crippen LogP contribution in [-0.2, 0) is 21.4 Å². The molecule has 0 bridgehead atoms. The summed E-state index contributed by atoms with van der Waals surface area (Å²) in [5.41, 5.74) is 0.970. The molecule has 8 heteroatoms. The average molecular weight is 350 g/mol. The molecule has 1 amide bonds. The molecule has 1 heterocycles. The molecule has 0 radical (unpaired) electrons. The number of aryl methyl sites for hydroxylation is 2. The minimum absolute atomic E-state index is 0.146. The normalized spacial score (nSPS) is 12.8. The van der Waals surface area contributed by atoms with Crippen LogP contribution in [0.3, 0.4) is 0 Å². The van der Waals surface area contributed by atoms with Gasteiger partial charge in [0.05, 0.1) is 17.3 Å². The Bertz CT molecular complexity index is 755. The molecule has 0 fully saturated rings. The molecule has 0 aliphatic carbocycles. The molecule has 0 aliphatic heterocycles. The van der Waals surface area contributed by atoms with E-state index in [1.807, 2.05) is 17.7 Å². The van der Waals surface area contributed by atoms with Gasteiger partial charge in [0.25, 0.3) is 0 Å². The van der Waals surface area contributed by atoms with Gasteiger partial charge < -0.3 is 9.88 Å². The standard InChI is InChI=1S/C16H22N4O3S/c1-13-4-6-15(7-5-13)24(22,23)19-14(2)16(21)18-8-3-10-20-11-9-17-12-20/h4-7,9,11-12,14,19H,3,8,10H2,1-2H3,(H,18,21)/t14-/m0/s1. The van der Waals surface area contributed by atoms with E-state index in [0.717, 1.165) is 18.5 Å². The first kappa shape index (κ1) is 18.2. The monoisotopic (exact) mass is 350 g/mol. The van der Waals surface area contributed by atoms with Crippen LogP contribution in [0.1, 0.15) is 18.9 Å². The van der Waals surface area contributed by atoms with Crippen LogP contribution < -0.4 is 10.0 Å². The second kappa shape index (κ2) is 8.07. The van der Waals surface area contributed by atoms with E-state index in [9.17, 15) is 13.2 Å². The third-order valence-corrected chi connectivity index (χ3v) is 5.06. The molecule has 0 unspecified atom stereocenters. The fraction of sp³-hybridized carbons (Fsp3) is 0.375. The predicted molar refractivity (Wildman–Crippen MR) is 90.8 cm³/mol. The third kappa shape index (κ3) is 5.17. The summed E-state index contributed by atoms with van der Waals surface area (Å²) in [6, 6.07) is 5.63. The Morgan fingerprint density at radius 3 is 2.62 bits per heavy atom. The third-order valence-electron chi connectivity index (χ3n) is 3.51. The number of imidazole rings is 1. The first-order valence-electron chi connectivity index (χ1n) is 7.71. The van der Waals surface area contributed by atoms with Crippen LogP contribution in [0.15, 0.2) is 47.9 Å². The lowest BCUT2D eigenvalue weighted by molar-refractivity contribution is -0.122. The first-order chi connectivity index (χ1) is 11.4. The van der Waals surface area contributed by atoms with Crippen molar-refractivity contribution in [2.45, 2.75) is 37.8 Å². The van der Waals surface area contributed by atoms with Gasteiger partial charge in [0, 0.05) is 25.5 Å². The Hall–Kier alpha value is -2.19. The van der Waals surface area contributed by atoms with Crippen molar-refractivity contribution >= 4 is 15.9 Å². The van der Waals surface area contributed by atoms with Crippen molar-refractivity contribution in [2.24, 2.45) is 0 Å². The zero-order valence-corrected chi connectivity index (χ0v) is 14.6. The number of hydrogen-bond donors (Lipinski definition) is 2. The van der Waals surface area contributed by atoms with Gasteiger partial charge >= 0.3 is 0 Å². The average Bonchev–Trinajstić information content (AvgIpc) is 3.04. The maximum absolute atomic E-state index is 12.2. The molecule has 1 aromatic heterocycles. The SMILES string of the molecule is Cc1ccc(S(=O)(=O)N[C@@H](C)C(=O)NCCCn2ccnc2)cc1. The van der Waals surface area contributed by atoms with Crippen molar-refractivity contribution in [2.75, 3.05) is 6.54 Å². The minimum Gasteiger partial charge on any atom is -0.355 e. The Morgan fingerprint density at radius 2 is 2.00 bits per heavy atom. The first-order valence-corrected chi connectivity index (χ1v) is 9.19. The van der Waals surface area contributed by atoms with Crippen LogP contribution in [0.25, 0.3) is 0 Å².